The second kappa shape index (κ2) is 7.42. The topological polar surface area (TPSA) is 65.9 Å². The van der Waals surface area contributed by atoms with E-state index in [0.29, 0.717) is 5.02 Å². The van der Waals surface area contributed by atoms with E-state index in [-0.39, 0.29) is 6.61 Å². The Morgan fingerprint density at radius 3 is 2.64 bits per heavy atom. The van der Waals surface area contributed by atoms with Gasteiger partial charge in [0.1, 0.15) is 0 Å². The minimum absolute atomic E-state index is 0.222. The van der Waals surface area contributed by atoms with E-state index in [9.17, 15) is 10.1 Å². The van der Waals surface area contributed by atoms with Gasteiger partial charge >= 0.3 is 5.97 Å². The fourth-order valence-corrected chi connectivity index (χ4v) is 3.35. The van der Waals surface area contributed by atoms with Gasteiger partial charge in [0.2, 0.25) is 0 Å². The van der Waals surface area contributed by atoms with E-state index in [1.165, 1.54) is 0 Å². The minimum Gasteiger partial charge on any atom is -0.465 e. The van der Waals surface area contributed by atoms with Gasteiger partial charge in [0.05, 0.1) is 12.7 Å². The number of carbonyl (C=O) groups excluding carboxylic acids is 1. The third-order valence-corrected chi connectivity index (χ3v) is 4.55. The molecule has 0 aliphatic carbocycles. The van der Waals surface area contributed by atoms with E-state index in [1.54, 1.807) is 13.0 Å². The molecule has 0 spiro atoms. The van der Waals surface area contributed by atoms with Crippen LogP contribution in [-0.4, -0.2) is 17.6 Å². The van der Waals surface area contributed by atoms with Crippen molar-refractivity contribution >= 4 is 28.5 Å². The van der Waals surface area contributed by atoms with Gasteiger partial charge in [-0.25, -0.2) is 0 Å². The zero-order valence-corrected chi connectivity index (χ0v) is 14.5. The molecule has 2 aromatic carbocycles. The lowest BCUT2D eigenvalue weighted by Gasteiger charge is -2.22. The van der Waals surface area contributed by atoms with Crippen LogP contribution >= 0.6 is 11.6 Å². The van der Waals surface area contributed by atoms with E-state index in [2.05, 4.69) is 11.1 Å². The third-order valence-electron chi connectivity index (χ3n) is 4.21. The van der Waals surface area contributed by atoms with Crippen molar-refractivity contribution in [3.05, 3.63) is 70.9 Å². The van der Waals surface area contributed by atoms with Crippen molar-refractivity contribution < 1.29 is 9.53 Å². The largest absolute Gasteiger partial charge is 0.465 e. The lowest BCUT2D eigenvalue weighted by molar-refractivity contribution is -0.146. The number of H-pyrrole nitrogens is 1. The highest BCUT2D eigenvalue weighted by molar-refractivity contribution is 6.31. The monoisotopic (exact) mass is 352 g/mol. The molecule has 0 bridgehead atoms. The van der Waals surface area contributed by atoms with Gasteiger partial charge in [-0.2, -0.15) is 5.26 Å². The molecule has 1 heterocycles. The molecule has 25 heavy (non-hydrogen) atoms. The van der Waals surface area contributed by atoms with Crippen LogP contribution in [-0.2, 0) is 9.53 Å². The highest BCUT2D eigenvalue weighted by Crippen LogP contribution is 2.39. The summed E-state index contributed by atoms with van der Waals surface area (Å²) in [4.78, 5) is 15.6. The van der Waals surface area contributed by atoms with Crippen molar-refractivity contribution in [2.45, 2.75) is 12.8 Å². The molecule has 0 amide bonds. The van der Waals surface area contributed by atoms with E-state index in [0.717, 1.165) is 22.0 Å². The Morgan fingerprint density at radius 2 is 1.92 bits per heavy atom. The van der Waals surface area contributed by atoms with E-state index >= 15 is 0 Å². The SMILES string of the molecule is CCOC(=O)C(C#N)C(c1ccccc1Cl)c1c[nH]c2ccccc12. The Kier molecular flexibility index (Phi) is 5.06. The number of nitrogens with one attached hydrogen (secondary N) is 1. The van der Waals surface area contributed by atoms with Gasteiger partial charge in [0.25, 0.3) is 0 Å². The van der Waals surface area contributed by atoms with Crippen LogP contribution in [0.2, 0.25) is 5.02 Å². The van der Waals surface area contributed by atoms with Crippen LogP contribution in [0.15, 0.2) is 54.7 Å². The molecule has 2 unspecified atom stereocenters. The van der Waals surface area contributed by atoms with Crippen LogP contribution in [0.25, 0.3) is 10.9 Å². The molecule has 0 aliphatic heterocycles. The molecule has 0 fully saturated rings. The number of hydrogen-bond donors (Lipinski definition) is 1. The van der Waals surface area contributed by atoms with Crippen molar-refractivity contribution in [1.29, 1.82) is 5.26 Å². The minimum atomic E-state index is -0.987. The lowest BCUT2D eigenvalue weighted by atomic mass is 9.81. The van der Waals surface area contributed by atoms with E-state index < -0.39 is 17.8 Å². The summed E-state index contributed by atoms with van der Waals surface area (Å²) in [5.41, 5.74) is 2.52. The van der Waals surface area contributed by atoms with Gasteiger partial charge in [-0.15, -0.1) is 0 Å². The van der Waals surface area contributed by atoms with Gasteiger partial charge in [-0.1, -0.05) is 48.0 Å². The summed E-state index contributed by atoms with van der Waals surface area (Å²) in [7, 11) is 0. The summed E-state index contributed by atoms with van der Waals surface area (Å²) in [6.45, 7) is 1.95. The fourth-order valence-electron chi connectivity index (χ4n) is 3.10. The smallest absolute Gasteiger partial charge is 0.324 e. The van der Waals surface area contributed by atoms with Crippen LogP contribution in [0.3, 0.4) is 0 Å². The zero-order chi connectivity index (χ0) is 17.8. The standard InChI is InChI=1S/C20H17ClN2O2/c1-2-25-20(24)15(11-22)19(14-8-3-5-9-17(14)21)16-12-23-18-10-6-4-7-13(16)18/h3-10,12,15,19,23H,2H2,1H3. The number of aromatic nitrogens is 1. The van der Waals surface area contributed by atoms with Crippen molar-refractivity contribution in [3.8, 4) is 6.07 Å². The molecular formula is C20H17ClN2O2. The molecule has 0 radical (unpaired) electrons. The number of fused-ring (bicyclic) bond motifs is 1. The summed E-state index contributed by atoms with van der Waals surface area (Å²) in [5.74, 6) is -2.05. The number of esters is 1. The molecule has 5 heteroatoms. The molecule has 126 valence electrons. The predicted octanol–water partition coefficient (Wildman–Crippen LogP) is 4.66. The van der Waals surface area contributed by atoms with Crippen molar-refractivity contribution in [2.24, 2.45) is 5.92 Å². The first-order chi connectivity index (χ1) is 12.2. The Morgan fingerprint density at radius 1 is 1.20 bits per heavy atom. The second-order valence-electron chi connectivity index (χ2n) is 5.65. The average Bonchev–Trinajstić information content (AvgIpc) is 3.04. The zero-order valence-electron chi connectivity index (χ0n) is 13.7. The number of aromatic amines is 1. The summed E-state index contributed by atoms with van der Waals surface area (Å²) in [5, 5.41) is 11.2. The van der Waals surface area contributed by atoms with Gasteiger partial charge in [-0.3, -0.25) is 4.79 Å². The number of halogens is 1. The first-order valence-electron chi connectivity index (χ1n) is 8.04. The Hall–Kier alpha value is -2.77. The number of ether oxygens (including phenoxy) is 1. The van der Waals surface area contributed by atoms with E-state index in [1.807, 2.05) is 48.7 Å². The summed E-state index contributed by atoms with van der Waals surface area (Å²) in [6.07, 6.45) is 1.84. The average molecular weight is 353 g/mol. The van der Waals surface area contributed by atoms with Gasteiger partial charge < -0.3 is 9.72 Å². The Labute approximate surface area is 151 Å². The maximum atomic E-state index is 12.4. The predicted molar refractivity (Wildman–Crippen MR) is 97.3 cm³/mol. The quantitative estimate of drug-likeness (QED) is 0.679. The summed E-state index contributed by atoms with van der Waals surface area (Å²) >= 11 is 6.40. The number of nitrogens with zero attached hydrogens (tertiary/aromatic N) is 1. The molecule has 0 saturated carbocycles. The summed E-state index contributed by atoms with van der Waals surface area (Å²) in [6, 6.07) is 17.2. The maximum absolute atomic E-state index is 12.4. The van der Waals surface area contributed by atoms with Gasteiger partial charge in [0.15, 0.2) is 5.92 Å². The highest BCUT2D eigenvalue weighted by Gasteiger charge is 2.34. The second-order valence-corrected chi connectivity index (χ2v) is 6.05. The van der Waals surface area contributed by atoms with Crippen LogP contribution in [0, 0.1) is 17.2 Å². The van der Waals surface area contributed by atoms with Crippen LogP contribution in [0.1, 0.15) is 24.0 Å². The van der Waals surface area contributed by atoms with E-state index in [4.69, 9.17) is 16.3 Å². The number of rotatable bonds is 5. The first-order valence-corrected chi connectivity index (χ1v) is 8.41. The summed E-state index contributed by atoms with van der Waals surface area (Å²) < 4.78 is 5.13. The molecule has 3 aromatic rings. The normalized spacial score (nSPS) is 13.2. The van der Waals surface area contributed by atoms with Gasteiger partial charge in [-0.05, 0) is 30.2 Å². The number of carbonyl (C=O) groups is 1. The number of benzene rings is 2. The van der Waals surface area contributed by atoms with Crippen molar-refractivity contribution in [1.82, 2.24) is 4.98 Å². The maximum Gasteiger partial charge on any atom is 0.324 e. The van der Waals surface area contributed by atoms with Crippen molar-refractivity contribution in [2.75, 3.05) is 6.61 Å². The fraction of sp³-hybridized carbons (Fsp3) is 0.200. The number of para-hydroxylation sites is 1. The molecule has 1 aromatic heterocycles. The lowest BCUT2D eigenvalue weighted by Crippen LogP contribution is -2.24. The van der Waals surface area contributed by atoms with Gasteiger partial charge in [0, 0.05) is 28.0 Å². The molecule has 0 saturated heterocycles. The molecule has 4 nitrogen and oxygen atoms in total. The molecule has 0 aliphatic rings. The van der Waals surface area contributed by atoms with Crippen LogP contribution in [0.4, 0.5) is 0 Å². The Balaban J connectivity index is 2.21. The Bertz CT molecular complexity index is 942. The van der Waals surface area contributed by atoms with Crippen LogP contribution in [0.5, 0.6) is 0 Å². The van der Waals surface area contributed by atoms with Crippen molar-refractivity contribution in [3.63, 3.8) is 0 Å². The molecular weight excluding hydrogens is 336 g/mol. The van der Waals surface area contributed by atoms with Crippen LogP contribution < -0.4 is 0 Å². The molecule has 2 atom stereocenters. The first kappa shape index (κ1) is 17.1. The number of hydrogen-bond acceptors (Lipinski definition) is 3. The molecule has 3 rings (SSSR count). The molecule has 1 N–H and O–H groups in total. The third kappa shape index (κ3) is 3.24. The number of nitriles is 1. The highest BCUT2D eigenvalue weighted by atomic mass is 35.5.